The van der Waals surface area contributed by atoms with E-state index in [0.29, 0.717) is 15.6 Å². The topological polar surface area (TPSA) is 25.2 Å². The van der Waals surface area contributed by atoms with Gasteiger partial charge in [-0.2, -0.15) is 4.39 Å². The quantitative estimate of drug-likeness (QED) is 0.838. The van der Waals surface area contributed by atoms with Gasteiger partial charge in [0.1, 0.15) is 5.76 Å². The van der Waals surface area contributed by atoms with Crippen molar-refractivity contribution < 1.29 is 13.2 Å². The lowest BCUT2D eigenvalue weighted by molar-refractivity contribution is 0.416. The largest absolute Gasteiger partial charge is 0.456 e. The zero-order chi connectivity index (χ0) is 13.3. The molecule has 0 saturated carbocycles. The molecule has 1 N–H and O–H groups in total. The van der Waals surface area contributed by atoms with Crippen LogP contribution in [0.5, 0.6) is 0 Å². The molecule has 0 spiro atoms. The van der Waals surface area contributed by atoms with E-state index >= 15 is 0 Å². The van der Waals surface area contributed by atoms with Gasteiger partial charge in [0.15, 0.2) is 11.4 Å². The van der Waals surface area contributed by atoms with Crippen LogP contribution in [0.2, 0.25) is 0 Å². The Bertz CT molecular complexity index is 568. The van der Waals surface area contributed by atoms with Crippen LogP contribution < -0.4 is 5.32 Å². The first-order chi connectivity index (χ1) is 8.58. The van der Waals surface area contributed by atoms with Crippen molar-refractivity contribution in [2.24, 2.45) is 0 Å². The van der Waals surface area contributed by atoms with Crippen LogP contribution in [0.1, 0.15) is 32.1 Å². The molecule has 0 aliphatic rings. The highest BCUT2D eigenvalue weighted by Crippen LogP contribution is 2.33. The summed E-state index contributed by atoms with van der Waals surface area (Å²) in [4.78, 5) is 0. The molecular formula is C13H14BrF2NO. The molecule has 98 valence electrons. The molecule has 18 heavy (non-hydrogen) atoms. The van der Waals surface area contributed by atoms with E-state index < -0.39 is 11.6 Å². The van der Waals surface area contributed by atoms with E-state index in [-0.39, 0.29) is 11.6 Å². The van der Waals surface area contributed by atoms with Crippen LogP contribution in [-0.2, 0) is 0 Å². The third-order valence-electron chi connectivity index (χ3n) is 2.87. The Hall–Kier alpha value is -0.940. The van der Waals surface area contributed by atoms with E-state index in [1.54, 1.807) is 6.07 Å². The first-order valence-electron chi connectivity index (χ1n) is 5.88. The van der Waals surface area contributed by atoms with Gasteiger partial charge in [-0.3, -0.25) is 0 Å². The van der Waals surface area contributed by atoms with E-state index in [4.69, 9.17) is 4.42 Å². The SMILES string of the molecule is CCNC(CC)c1cc2c(Br)cc(F)c(F)c2o1. The molecule has 1 atom stereocenters. The van der Waals surface area contributed by atoms with E-state index in [2.05, 4.69) is 21.2 Å². The zero-order valence-corrected chi connectivity index (χ0v) is 11.8. The van der Waals surface area contributed by atoms with E-state index in [9.17, 15) is 8.78 Å². The normalized spacial score (nSPS) is 13.2. The van der Waals surface area contributed by atoms with Gasteiger partial charge in [0.05, 0.1) is 6.04 Å². The van der Waals surface area contributed by atoms with Crippen LogP contribution in [0.15, 0.2) is 21.0 Å². The van der Waals surface area contributed by atoms with Crippen molar-refractivity contribution in [3.05, 3.63) is 34.0 Å². The van der Waals surface area contributed by atoms with Crippen LogP contribution in [0.4, 0.5) is 8.78 Å². The Balaban J connectivity index is 2.56. The van der Waals surface area contributed by atoms with Crippen molar-refractivity contribution in [2.75, 3.05) is 6.54 Å². The summed E-state index contributed by atoms with van der Waals surface area (Å²) in [5.41, 5.74) is -0.0340. The second kappa shape index (κ2) is 5.36. The molecule has 0 fully saturated rings. The number of fused-ring (bicyclic) bond motifs is 1. The number of benzene rings is 1. The average molecular weight is 318 g/mol. The molecule has 2 rings (SSSR count). The van der Waals surface area contributed by atoms with Gasteiger partial charge >= 0.3 is 0 Å². The lowest BCUT2D eigenvalue weighted by atomic mass is 10.1. The fourth-order valence-corrected chi connectivity index (χ4v) is 2.47. The van der Waals surface area contributed by atoms with E-state index in [0.717, 1.165) is 19.0 Å². The zero-order valence-electron chi connectivity index (χ0n) is 10.2. The van der Waals surface area contributed by atoms with Gasteiger partial charge in [-0.1, -0.05) is 13.8 Å². The summed E-state index contributed by atoms with van der Waals surface area (Å²) in [6.07, 6.45) is 0.815. The second-order valence-corrected chi connectivity index (χ2v) is 4.92. The van der Waals surface area contributed by atoms with Crippen molar-refractivity contribution in [3.63, 3.8) is 0 Å². The summed E-state index contributed by atoms with van der Waals surface area (Å²) in [5, 5.41) is 3.79. The van der Waals surface area contributed by atoms with Crippen molar-refractivity contribution in [1.29, 1.82) is 0 Å². The number of hydrogen-bond donors (Lipinski definition) is 1. The van der Waals surface area contributed by atoms with Gasteiger partial charge in [0, 0.05) is 9.86 Å². The molecular weight excluding hydrogens is 304 g/mol. The van der Waals surface area contributed by atoms with Crippen LogP contribution in [0, 0.1) is 11.6 Å². The Morgan fingerprint density at radius 3 is 2.67 bits per heavy atom. The van der Waals surface area contributed by atoms with E-state index in [1.165, 1.54) is 0 Å². The molecule has 2 aromatic rings. The van der Waals surface area contributed by atoms with Gasteiger partial charge in [-0.05, 0) is 41.0 Å². The van der Waals surface area contributed by atoms with Crippen LogP contribution in [-0.4, -0.2) is 6.54 Å². The molecule has 0 aliphatic heterocycles. The summed E-state index contributed by atoms with van der Waals surface area (Å²) < 4.78 is 32.9. The molecule has 1 aromatic carbocycles. The van der Waals surface area contributed by atoms with Gasteiger partial charge in [0.25, 0.3) is 0 Å². The lowest BCUT2D eigenvalue weighted by Crippen LogP contribution is -2.19. The van der Waals surface area contributed by atoms with Crippen molar-refractivity contribution in [1.82, 2.24) is 5.32 Å². The maximum Gasteiger partial charge on any atom is 0.201 e. The minimum Gasteiger partial charge on any atom is -0.456 e. The van der Waals surface area contributed by atoms with Crippen LogP contribution >= 0.6 is 15.9 Å². The third kappa shape index (κ3) is 2.29. The summed E-state index contributed by atoms with van der Waals surface area (Å²) >= 11 is 3.22. The van der Waals surface area contributed by atoms with Gasteiger partial charge in [-0.15, -0.1) is 0 Å². The fraction of sp³-hybridized carbons (Fsp3) is 0.385. The molecule has 0 saturated heterocycles. The standard InChI is InChI=1S/C13H14BrF2NO/c1-3-10(17-4-2)11-5-7-8(14)6-9(15)12(16)13(7)18-11/h5-6,10,17H,3-4H2,1-2H3. The Morgan fingerprint density at radius 1 is 1.33 bits per heavy atom. The highest BCUT2D eigenvalue weighted by molar-refractivity contribution is 9.10. The summed E-state index contributed by atoms with van der Waals surface area (Å²) in [7, 11) is 0. The second-order valence-electron chi connectivity index (χ2n) is 4.06. The third-order valence-corrected chi connectivity index (χ3v) is 3.53. The number of furan rings is 1. The molecule has 0 radical (unpaired) electrons. The van der Waals surface area contributed by atoms with Gasteiger partial charge < -0.3 is 9.73 Å². The number of hydrogen-bond acceptors (Lipinski definition) is 2. The minimum absolute atomic E-state index is 0.0109. The maximum atomic E-state index is 13.6. The minimum atomic E-state index is -0.939. The Labute approximate surface area is 112 Å². The molecule has 0 aliphatic carbocycles. The molecule has 1 aromatic heterocycles. The molecule has 1 unspecified atom stereocenters. The van der Waals surface area contributed by atoms with Crippen LogP contribution in [0.3, 0.4) is 0 Å². The smallest absolute Gasteiger partial charge is 0.201 e. The van der Waals surface area contributed by atoms with Crippen molar-refractivity contribution >= 4 is 26.9 Å². The molecule has 5 heteroatoms. The maximum absolute atomic E-state index is 13.6. The predicted molar refractivity (Wildman–Crippen MR) is 70.5 cm³/mol. The van der Waals surface area contributed by atoms with Crippen molar-refractivity contribution in [2.45, 2.75) is 26.3 Å². The molecule has 0 amide bonds. The molecule has 1 heterocycles. The predicted octanol–water partition coefficient (Wildman–Crippen LogP) is 4.53. The highest BCUT2D eigenvalue weighted by Gasteiger charge is 2.19. The Morgan fingerprint density at radius 2 is 2.06 bits per heavy atom. The first kappa shape index (κ1) is 13.5. The van der Waals surface area contributed by atoms with Crippen LogP contribution in [0.25, 0.3) is 11.0 Å². The number of halogens is 3. The van der Waals surface area contributed by atoms with E-state index in [1.807, 2.05) is 13.8 Å². The fourth-order valence-electron chi connectivity index (χ4n) is 1.98. The summed E-state index contributed by atoms with van der Waals surface area (Å²) in [5.74, 6) is -1.22. The van der Waals surface area contributed by atoms with Gasteiger partial charge in [0.2, 0.25) is 5.82 Å². The monoisotopic (exact) mass is 317 g/mol. The first-order valence-corrected chi connectivity index (χ1v) is 6.68. The van der Waals surface area contributed by atoms with Crippen molar-refractivity contribution in [3.8, 4) is 0 Å². The number of nitrogens with one attached hydrogen (secondary N) is 1. The summed E-state index contributed by atoms with van der Waals surface area (Å²) in [6, 6.07) is 2.88. The average Bonchev–Trinajstić information content (AvgIpc) is 2.78. The summed E-state index contributed by atoms with van der Waals surface area (Å²) in [6.45, 7) is 4.78. The number of rotatable bonds is 4. The highest BCUT2D eigenvalue weighted by atomic mass is 79.9. The molecule has 2 nitrogen and oxygen atoms in total. The Kier molecular flexibility index (Phi) is 4.02. The van der Waals surface area contributed by atoms with Gasteiger partial charge in [-0.25, -0.2) is 4.39 Å². The lowest BCUT2D eigenvalue weighted by Gasteiger charge is -2.11. The molecule has 0 bridgehead atoms.